The van der Waals surface area contributed by atoms with Gasteiger partial charge in [-0.15, -0.1) is 0 Å². The molecule has 0 amide bonds. The van der Waals surface area contributed by atoms with E-state index in [-0.39, 0.29) is 29.1 Å². The summed E-state index contributed by atoms with van der Waals surface area (Å²) in [4.78, 5) is 12.3. The van der Waals surface area contributed by atoms with Crippen molar-refractivity contribution in [2.45, 2.75) is 70.4 Å². The molecule has 6 atom stereocenters. The van der Waals surface area contributed by atoms with Gasteiger partial charge in [0.1, 0.15) is 5.60 Å². The first-order valence-electron chi connectivity index (χ1n) is 7.26. The van der Waals surface area contributed by atoms with E-state index >= 15 is 0 Å². The van der Waals surface area contributed by atoms with Gasteiger partial charge in [-0.05, 0) is 37.0 Å². The first-order chi connectivity index (χ1) is 8.64. The topological polar surface area (TPSA) is 70.1 Å². The van der Waals surface area contributed by atoms with Crippen molar-refractivity contribution in [1.29, 1.82) is 0 Å². The number of hydrogen-bond donors (Lipinski definition) is 2. The highest BCUT2D eigenvalue weighted by Crippen LogP contribution is 2.61. The van der Waals surface area contributed by atoms with Crippen molar-refractivity contribution in [3.05, 3.63) is 0 Å². The van der Waals surface area contributed by atoms with Crippen molar-refractivity contribution in [2.24, 2.45) is 17.3 Å². The SMILES string of the molecule is CC(C)[C@@]1(O)[C@H](O)C[C@@]2(C)CC(=O)[C@]3(C)O[C@@H]3C[C@@H]21. The lowest BCUT2D eigenvalue weighted by Crippen LogP contribution is -2.49. The number of epoxide rings is 1. The zero-order valence-electron chi connectivity index (χ0n) is 12.1. The van der Waals surface area contributed by atoms with Gasteiger partial charge in [0, 0.05) is 6.42 Å². The maximum absolute atomic E-state index is 12.3. The molecule has 0 spiro atoms. The Kier molecular flexibility index (Phi) is 2.56. The van der Waals surface area contributed by atoms with Crippen LogP contribution in [0, 0.1) is 17.3 Å². The van der Waals surface area contributed by atoms with Gasteiger partial charge in [-0.1, -0.05) is 20.8 Å². The van der Waals surface area contributed by atoms with Gasteiger partial charge in [0.2, 0.25) is 0 Å². The molecule has 2 aliphatic carbocycles. The second-order valence-electron chi connectivity index (χ2n) is 7.52. The van der Waals surface area contributed by atoms with E-state index in [1.807, 2.05) is 27.7 Å². The summed E-state index contributed by atoms with van der Waals surface area (Å²) in [5.41, 5.74) is -2.04. The standard InChI is InChI=1S/C15H24O4/c1-8(2)15(18)9-5-12-14(4,19-12)10(16)6-13(9,3)7-11(15)17/h8-9,11-12,17-18H,5-7H2,1-4H3/t9-,11+,12+,13+,14-,15-/m0/s1. The molecule has 2 saturated carbocycles. The number of hydrogen-bond acceptors (Lipinski definition) is 4. The molecule has 4 nitrogen and oxygen atoms in total. The normalized spacial score (nSPS) is 56.8. The van der Waals surface area contributed by atoms with Crippen LogP contribution in [0.25, 0.3) is 0 Å². The molecule has 0 aromatic heterocycles. The molecule has 4 heteroatoms. The van der Waals surface area contributed by atoms with Gasteiger partial charge in [-0.3, -0.25) is 4.79 Å². The zero-order chi connectivity index (χ0) is 14.2. The Bertz CT molecular complexity index is 434. The van der Waals surface area contributed by atoms with E-state index in [9.17, 15) is 15.0 Å². The van der Waals surface area contributed by atoms with Crippen LogP contribution >= 0.6 is 0 Å². The highest BCUT2D eigenvalue weighted by atomic mass is 16.6. The average Bonchev–Trinajstić information content (AvgIpc) is 2.92. The zero-order valence-corrected chi connectivity index (χ0v) is 12.1. The van der Waals surface area contributed by atoms with E-state index in [1.54, 1.807) is 0 Å². The number of aliphatic hydroxyl groups excluding tert-OH is 1. The number of Topliss-reactive ketones (excluding diaryl/α,β-unsaturated/α-hetero) is 1. The van der Waals surface area contributed by atoms with Gasteiger partial charge in [-0.2, -0.15) is 0 Å². The summed E-state index contributed by atoms with van der Waals surface area (Å²) in [5, 5.41) is 21.4. The molecular formula is C15H24O4. The predicted molar refractivity (Wildman–Crippen MR) is 69.5 cm³/mol. The summed E-state index contributed by atoms with van der Waals surface area (Å²) in [7, 11) is 0. The lowest BCUT2D eigenvalue weighted by molar-refractivity contribution is -0.131. The second kappa shape index (κ2) is 3.60. The van der Waals surface area contributed by atoms with Crippen LogP contribution in [0.3, 0.4) is 0 Å². The smallest absolute Gasteiger partial charge is 0.167 e. The Balaban J connectivity index is 2.01. The molecule has 2 N–H and O–H groups in total. The van der Waals surface area contributed by atoms with Crippen LogP contribution in [0.4, 0.5) is 0 Å². The van der Waals surface area contributed by atoms with Crippen molar-refractivity contribution in [2.75, 3.05) is 0 Å². The molecule has 0 radical (unpaired) electrons. The van der Waals surface area contributed by atoms with Gasteiger partial charge >= 0.3 is 0 Å². The van der Waals surface area contributed by atoms with E-state index in [0.29, 0.717) is 19.3 Å². The fourth-order valence-electron chi connectivity index (χ4n) is 4.53. The van der Waals surface area contributed by atoms with E-state index in [0.717, 1.165) is 0 Å². The number of fused-ring (bicyclic) bond motifs is 2. The third kappa shape index (κ3) is 1.54. The maximum atomic E-state index is 12.3. The number of rotatable bonds is 1. The maximum Gasteiger partial charge on any atom is 0.167 e. The fourth-order valence-corrected chi connectivity index (χ4v) is 4.53. The van der Waals surface area contributed by atoms with E-state index in [4.69, 9.17) is 4.74 Å². The summed E-state index contributed by atoms with van der Waals surface area (Å²) < 4.78 is 5.58. The van der Waals surface area contributed by atoms with E-state index < -0.39 is 17.3 Å². The summed E-state index contributed by atoms with van der Waals surface area (Å²) in [6, 6.07) is 0. The third-order valence-corrected chi connectivity index (χ3v) is 6.03. The highest BCUT2D eigenvalue weighted by Gasteiger charge is 2.69. The molecule has 19 heavy (non-hydrogen) atoms. The molecule has 0 bridgehead atoms. The molecular weight excluding hydrogens is 244 g/mol. The molecule has 1 heterocycles. The summed E-state index contributed by atoms with van der Waals surface area (Å²) in [5.74, 6) is 0.0171. The fraction of sp³-hybridized carbons (Fsp3) is 0.933. The van der Waals surface area contributed by atoms with Gasteiger partial charge in [0.25, 0.3) is 0 Å². The average molecular weight is 268 g/mol. The van der Waals surface area contributed by atoms with Crippen molar-refractivity contribution in [3.63, 3.8) is 0 Å². The summed E-state index contributed by atoms with van der Waals surface area (Å²) >= 11 is 0. The number of carbonyl (C=O) groups is 1. The van der Waals surface area contributed by atoms with Crippen LogP contribution in [0.2, 0.25) is 0 Å². The van der Waals surface area contributed by atoms with Gasteiger partial charge in [-0.25, -0.2) is 0 Å². The van der Waals surface area contributed by atoms with Crippen molar-refractivity contribution in [1.82, 2.24) is 0 Å². The Morgan fingerprint density at radius 1 is 1.37 bits per heavy atom. The van der Waals surface area contributed by atoms with Crippen LogP contribution in [0.1, 0.15) is 47.0 Å². The molecule has 0 unspecified atom stereocenters. The largest absolute Gasteiger partial charge is 0.390 e. The van der Waals surface area contributed by atoms with Crippen LogP contribution in [-0.4, -0.2) is 39.4 Å². The number of ketones is 1. The van der Waals surface area contributed by atoms with Crippen molar-refractivity contribution in [3.8, 4) is 0 Å². The molecule has 1 saturated heterocycles. The Hall–Kier alpha value is -0.450. The van der Waals surface area contributed by atoms with Crippen molar-refractivity contribution < 1.29 is 19.7 Å². The molecule has 1 aliphatic heterocycles. The first kappa shape index (κ1) is 13.5. The number of ether oxygens (including phenoxy) is 1. The summed E-state index contributed by atoms with van der Waals surface area (Å²) in [6.07, 6.45) is 0.739. The van der Waals surface area contributed by atoms with Crippen LogP contribution < -0.4 is 0 Å². The van der Waals surface area contributed by atoms with Gasteiger partial charge in [0.05, 0.1) is 17.8 Å². The van der Waals surface area contributed by atoms with Gasteiger partial charge in [0.15, 0.2) is 5.78 Å². The van der Waals surface area contributed by atoms with Crippen LogP contribution in [0.15, 0.2) is 0 Å². The predicted octanol–water partition coefficient (Wildman–Crippen LogP) is 1.28. The first-order valence-corrected chi connectivity index (χ1v) is 7.26. The summed E-state index contributed by atoms with van der Waals surface area (Å²) in [6.45, 7) is 7.77. The van der Waals surface area contributed by atoms with Crippen molar-refractivity contribution >= 4 is 5.78 Å². The van der Waals surface area contributed by atoms with Crippen LogP contribution in [-0.2, 0) is 9.53 Å². The monoisotopic (exact) mass is 268 g/mol. The molecule has 3 rings (SSSR count). The van der Waals surface area contributed by atoms with Gasteiger partial charge < -0.3 is 14.9 Å². The lowest BCUT2D eigenvalue weighted by atomic mass is 9.68. The minimum atomic E-state index is -1.10. The van der Waals surface area contributed by atoms with E-state index in [1.165, 1.54) is 0 Å². The minimum Gasteiger partial charge on any atom is -0.390 e. The second-order valence-corrected chi connectivity index (χ2v) is 7.52. The molecule has 3 fully saturated rings. The molecule has 0 aromatic rings. The Morgan fingerprint density at radius 2 is 2.00 bits per heavy atom. The van der Waals surface area contributed by atoms with Crippen LogP contribution in [0.5, 0.6) is 0 Å². The molecule has 0 aromatic carbocycles. The lowest BCUT2D eigenvalue weighted by Gasteiger charge is -2.40. The Morgan fingerprint density at radius 3 is 2.58 bits per heavy atom. The Labute approximate surface area is 114 Å². The third-order valence-electron chi connectivity index (χ3n) is 6.03. The quantitative estimate of drug-likeness (QED) is 0.703. The van der Waals surface area contributed by atoms with E-state index in [2.05, 4.69) is 0 Å². The number of aliphatic hydroxyl groups is 2. The highest BCUT2D eigenvalue weighted by molar-refractivity contribution is 5.91. The molecule has 3 aliphatic rings. The minimum absolute atomic E-state index is 0.0347. The molecule has 108 valence electrons. The number of carbonyl (C=O) groups excluding carboxylic acids is 1.